The zero-order valence-electron chi connectivity index (χ0n) is 15.6. The van der Waals surface area contributed by atoms with Gasteiger partial charge in [-0.1, -0.05) is 24.6 Å². The highest BCUT2D eigenvalue weighted by molar-refractivity contribution is 7.99. The van der Waals surface area contributed by atoms with Crippen molar-refractivity contribution in [2.75, 3.05) is 12.4 Å². The van der Waals surface area contributed by atoms with Crippen LogP contribution in [0.4, 0.5) is 0 Å². The second-order valence-electron chi connectivity index (χ2n) is 7.28. The Morgan fingerprint density at radius 2 is 2.15 bits per heavy atom. The van der Waals surface area contributed by atoms with Crippen LogP contribution in [0.2, 0.25) is 0 Å². The minimum absolute atomic E-state index is 0.0691. The Morgan fingerprint density at radius 3 is 2.85 bits per heavy atom. The number of thioether (sulfide) groups is 1. The number of aryl methyl sites for hydroxylation is 1. The summed E-state index contributed by atoms with van der Waals surface area (Å²) in [5.74, 6) is 2.01. The van der Waals surface area contributed by atoms with Crippen molar-refractivity contribution in [2.24, 2.45) is 0 Å². The number of rotatable bonds is 7. The van der Waals surface area contributed by atoms with Crippen LogP contribution in [-0.2, 0) is 16.1 Å². The maximum atomic E-state index is 12.3. The number of furan rings is 1. The van der Waals surface area contributed by atoms with Gasteiger partial charge in [-0.2, -0.15) is 0 Å². The lowest BCUT2D eigenvalue weighted by molar-refractivity contribution is -0.119. The normalized spacial score (nSPS) is 20.4. The first-order valence-electron chi connectivity index (χ1n) is 9.72. The summed E-state index contributed by atoms with van der Waals surface area (Å²) >= 11 is 1.44. The highest BCUT2D eigenvalue weighted by Crippen LogP contribution is 2.29. The van der Waals surface area contributed by atoms with Crippen molar-refractivity contribution in [3.05, 3.63) is 18.1 Å². The van der Waals surface area contributed by atoms with Gasteiger partial charge in [0, 0.05) is 12.6 Å². The summed E-state index contributed by atoms with van der Waals surface area (Å²) < 4.78 is 13.3. The summed E-state index contributed by atoms with van der Waals surface area (Å²) in [5, 5.41) is 12.6. The second kappa shape index (κ2) is 8.48. The molecule has 0 spiro atoms. The molecule has 27 heavy (non-hydrogen) atoms. The molecule has 1 amide bonds. The summed E-state index contributed by atoms with van der Waals surface area (Å²) in [7, 11) is 0. The number of hydrogen-bond acceptors (Lipinski definition) is 6. The van der Waals surface area contributed by atoms with Crippen LogP contribution in [0.1, 0.15) is 44.3 Å². The van der Waals surface area contributed by atoms with Crippen molar-refractivity contribution in [3.63, 3.8) is 0 Å². The third-order valence-corrected chi connectivity index (χ3v) is 6.25. The van der Waals surface area contributed by atoms with Gasteiger partial charge in [0.25, 0.3) is 0 Å². The van der Waals surface area contributed by atoms with Crippen LogP contribution < -0.4 is 5.32 Å². The summed E-state index contributed by atoms with van der Waals surface area (Å²) in [4.78, 5) is 12.3. The minimum atomic E-state index is 0.0691. The highest BCUT2D eigenvalue weighted by atomic mass is 32.2. The quantitative estimate of drug-likeness (QED) is 0.731. The molecular formula is C19H26N4O3S. The van der Waals surface area contributed by atoms with Gasteiger partial charge in [-0.05, 0) is 38.7 Å². The number of carbonyl (C=O) groups is 1. The number of amides is 1. The molecule has 3 heterocycles. The monoisotopic (exact) mass is 390 g/mol. The molecular weight excluding hydrogens is 364 g/mol. The van der Waals surface area contributed by atoms with E-state index in [9.17, 15) is 4.79 Å². The molecule has 2 aromatic heterocycles. The minimum Gasteiger partial charge on any atom is -0.469 e. The van der Waals surface area contributed by atoms with Crippen LogP contribution in [-0.4, -0.2) is 45.2 Å². The largest absolute Gasteiger partial charge is 0.469 e. The van der Waals surface area contributed by atoms with Crippen molar-refractivity contribution < 1.29 is 13.9 Å². The van der Waals surface area contributed by atoms with Gasteiger partial charge >= 0.3 is 0 Å². The fraction of sp³-hybridized carbons (Fsp3) is 0.632. The smallest absolute Gasteiger partial charge is 0.230 e. The fourth-order valence-electron chi connectivity index (χ4n) is 3.84. The summed E-state index contributed by atoms with van der Waals surface area (Å²) in [5.41, 5.74) is 0.933. The Hall–Kier alpha value is -1.80. The molecule has 1 N–H and O–H groups in total. The SMILES string of the molecule is Cc1occc1-c1nnc(SCC(=O)NC2CCCC2)n1CC1CCCO1. The number of nitrogens with zero attached hydrogens (tertiary/aromatic N) is 3. The molecule has 7 nitrogen and oxygen atoms in total. The van der Waals surface area contributed by atoms with Crippen LogP contribution >= 0.6 is 11.8 Å². The Morgan fingerprint density at radius 1 is 1.30 bits per heavy atom. The molecule has 0 radical (unpaired) electrons. The van der Waals surface area contributed by atoms with Crippen LogP contribution in [0.15, 0.2) is 21.9 Å². The van der Waals surface area contributed by atoms with Crippen molar-refractivity contribution in [1.29, 1.82) is 0 Å². The number of ether oxygens (including phenoxy) is 1. The van der Waals surface area contributed by atoms with E-state index in [0.29, 0.717) is 18.3 Å². The van der Waals surface area contributed by atoms with E-state index in [0.717, 1.165) is 54.6 Å². The third kappa shape index (κ3) is 4.38. The first-order valence-corrected chi connectivity index (χ1v) is 10.7. The van der Waals surface area contributed by atoms with Gasteiger partial charge in [-0.3, -0.25) is 9.36 Å². The van der Waals surface area contributed by atoms with Crippen LogP contribution in [0, 0.1) is 6.92 Å². The molecule has 0 aromatic carbocycles. The summed E-state index contributed by atoms with van der Waals surface area (Å²) in [6.07, 6.45) is 8.55. The Labute approximate surface area is 163 Å². The van der Waals surface area contributed by atoms with Gasteiger partial charge in [0.1, 0.15) is 5.76 Å². The number of nitrogens with one attached hydrogen (secondary N) is 1. The lowest BCUT2D eigenvalue weighted by Crippen LogP contribution is -2.33. The fourth-order valence-corrected chi connectivity index (χ4v) is 4.60. The first kappa shape index (κ1) is 18.6. The van der Waals surface area contributed by atoms with Crippen LogP contribution in [0.25, 0.3) is 11.4 Å². The average molecular weight is 391 g/mol. The molecule has 1 aliphatic heterocycles. The van der Waals surface area contributed by atoms with Crippen molar-refractivity contribution >= 4 is 17.7 Å². The molecule has 1 saturated carbocycles. The summed E-state index contributed by atoms with van der Waals surface area (Å²) in [6.45, 7) is 3.42. The Bertz CT molecular complexity index is 776. The molecule has 4 rings (SSSR count). The van der Waals surface area contributed by atoms with Crippen molar-refractivity contribution in [2.45, 2.75) is 69.3 Å². The molecule has 146 valence electrons. The van der Waals surface area contributed by atoms with Crippen LogP contribution in [0.3, 0.4) is 0 Å². The van der Waals surface area contributed by atoms with Gasteiger partial charge in [-0.25, -0.2) is 0 Å². The maximum absolute atomic E-state index is 12.3. The van der Waals surface area contributed by atoms with E-state index in [4.69, 9.17) is 9.15 Å². The molecule has 1 aliphatic carbocycles. The molecule has 1 unspecified atom stereocenters. The van der Waals surface area contributed by atoms with Gasteiger partial charge < -0.3 is 14.5 Å². The van der Waals surface area contributed by atoms with E-state index in [1.165, 1.54) is 24.6 Å². The molecule has 2 aliphatic rings. The van der Waals surface area contributed by atoms with E-state index in [1.807, 2.05) is 13.0 Å². The summed E-state index contributed by atoms with van der Waals surface area (Å²) in [6, 6.07) is 2.25. The molecule has 8 heteroatoms. The van der Waals surface area contributed by atoms with Crippen molar-refractivity contribution in [3.8, 4) is 11.4 Å². The molecule has 1 saturated heterocycles. The van der Waals surface area contributed by atoms with E-state index in [1.54, 1.807) is 6.26 Å². The van der Waals surface area contributed by atoms with E-state index < -0.39 is 0 Å². The first-order chi connectivity index (χ1) is 13.2. The van der Waals surface area contributed by atoms with Gasteiger partial charge in [-0.15, -0.1) is 10.2 Å². The molecule has 2 aromatic rings. The standard InChI is InChI=1S/C19H26N4O3S/c1-13-16(8-10-25-13)18-21-22-19(23(18)11-15-7-4-9-26-15)27-12-17(24)20-14-5-2-3-6-14/h8,10,14-15H,2-7,9,11-12H2,1H3,(H,20,24). The molecule has 1 atom stereocenters. The number of aromatic nitrogens is 3. The lowest BCUT2D eigenvalue weighted by atomic mass is 10.2. The Kier molecular flexibility index (Phi) is 5.83. The average Bonchev–Trinajstić information content (AvgIpc) is 3.42. The van der Waals surface area contributed by atoms with E-state index >= 15 is 0 Å². The zero-order chi connectivity index (χ0) is 18.6. The van der Waals surface area contributed by atoms with Gasteiger partial charge in [0.15, 0.2) is 11.0 Å². The van der Waals surface area contributed by atoms with Gasteiger partial charge in [0.2, 0.25) is 5.91 Å². The predicted octanol–water partition coefficient (Wildman–Crippen LogP) is 3.18. The topological polar surface area (TPSA) is 82.2 Å². The lowest BCUT2D eigenvalue weighted by Gasteiger charge is -2.15. The predicted molar refractivity (Wildman–Crippen MR) is 103 cm³/mol. The van der Waals surface area contributed by atoms with Crippen molar-refractivity contribution in [1.82, 2.24) is 20.1 Å². The van der Waals surface area contributed by atoms with E-state index in [-0.39, 0.29) is 12.0 Å². The zero-order valence-corrected chi connectivity index (χ0v) is 16.5. The highest BCUT2D eigenvalue weighted by Gasteiger charge is 2.24. The molecule has 0 bridgehead atoms. The van der Waals surface area contributed by atoms with E-state index in [2.05, 4.69) is 20.1 Å². The second-order valence-corrected chi connectivity index (χ2v) is 8.22. The number of carbonyl (C=O) groups excluding carboxylic acids is 1. The maximum Gasteiger partial charge on any atom is 0.230 e. The Balaban J connectivity index is 1.48. The van der Waals surface area contributed by atoms with Crippen LogP contribution in [0.5, 0.6) is 0 Å². The third-order valence-electron chi connectivity index (χ3n) is 5.28. The number of hydrogen-bond donors (Lipinski definition) is 1. The van der Waals surface area contributed by atoms with Gasteiger partial charge in [0.05, 0.1) is 30.2 Å². The molecule has 2 fully saturated rings.